The number of amides is 3. The summed E-state index contributed by atoms with van der Waals surface area (Å²) in [6, 6.07) is 0. The Hall–Kier alpha value is -4.12. The standard InChI is InChI=1S/C45H80N15O23P3/c61-19-28-34(67)37(70)40(73)43(81-28)58-16-25(49-52-58)13-46-31(64)1-10-84(76)22-55-4-6-56(23-85(77,78)11-2-32(65)47-14-26-17-59(53-50-26)44-41(74)38(71)35(68)29(20-62)82-44)8-9-57(7-5-55)24-86(79,80)12-3-33(66)48-15-27-18-60(54-51-27)45-42(75)39(72)36(69)30(21-63)83-45/h16-18,28-30,34-45,50,53,61-63,67-75,84H,1-15,19-24H2,(H,46,64)(H,47,65)(H,48,66)(H,77,78)(H,79,80)/t28-,29-,30-,34+,35+,36+,37+,38+,39+,40-,41-,42-,43-,44-,45?/m1/s1. The predicted octanol–water partition coefficient (Wildman–Crippen LogP) is -10.1. The summed E-state index contributed by atoms with van der Waals surface area (Å²) in [5, 5.41) is 145. The minimum Gasteiger partial charge on any atom is -0.394 e. The highest BCUT2D eigenvalue weighted by Gasteiger charge is 2.48. The van der Waals surface area contributed by atoms with Gasteiger partial charge in [-0.1, -0.05) is 10.4 Å². The minimum absolute atomic E-state index is 0.00165. The molecular formula is C45H80N15O23P3. The van der Waals surface area contributed by atoms with E-state index in [0.717, 1.165) is 9.36 Å². The first-order valence-corrected chi connectivity index (χ1v) is 33.5. The van der Waals surface area contributed by atoms with Crippen molar-refractivity contribution in [3.8, 4) is 0 Å². The van der Waals surface area contributed by atoms with Gasteiger partial charge in [0.15, 0.2) is 18.7 Å². The van der Waals surface area contributed by atoms with Gasteiger partial charge in [-0.2, -0.15) is 0 Å². The number of aliphatic hydroxyl groups excluding tert-OH is 12. The van der Waals surface area contributed by atoms with E-state index in [1.165, 1.54) is 23.6 Å². The number of aromatic nitrogens is 6. The molecule has 4 unspecified atom stereocenters. The van der Waals surface area contributed by atoms with Crippen molar-refractivity contribution >= 4 is 40.3 Å². The van der Waals surface area contributed by atoms with E-state index >= 15 is 0 Å². The van der Waals surface area contributed by atoms with Crippen LogP contribution >= 0.6 is 22.5 Å². The lowest BCUT2D eigenvalue weighted by atomic mass is 9.98. The fourth-order valence-electron chi connectivity index (χ4n) is 9.91. The Morgan fingerprint density at radius 2 is 0.942 bits per heavy atom. The first-order chi connectivity index (χ1) is 40.8. The molecule has 0 bridgehead atoms. The quantitative estimate of drug-likeness (QED) is 0.0369. The molecular weight excluding hydrogens is 1210 g/mol. The highest BCUT2D eigenvalue weighted by atomic mass is 31.2. The molecule has 0 spiro atoms. The molecule has 3 amide bonds. The van der Waals surface area contributed by atoms with Crippen molar-refractivity contribution in [3.63, 3.8) is 0 Å². The fourth-order valence-corrected chi connectivity index (χ4v) is 14.6. The Morgan fingerprint density at radius 1 is 0.558 bits per heavy atom. The van der Waals surface area contributed by atoms with E-state index in [1.807, 2.05) is 0 Å². The molecule has 5 aliphatic rings. The van der Waals surface area contributed by atoms with E-state index in [-0.39, 0.29) is 95.6 Å². The van der Waals surface area contributed by atoms with Crippen molar-refractivity contribution in [2.24, 2.45) is 0 Å². The number of nitrogens with zero attached hydrogens (tertiary/aromatic N) is 10. The van der Waals surface area contributed by atoms with Gasteiger partial charge in [-0.3, -0.25) is 43.2 Å². The maximum absolute atomic E-state index is 13.8. The average molecular weight is 1290 g/mol. The van der Waals surface area contributed by atoms with E-state index < -0.39 is 183 Å². The third-order valence-corrected chi connectivity index (χ3v) is 20.1. The number of hydrogen-bond acceptors (Lipinski definition) is 31. The number of carbonyl (C=O) groups excluding carboxylic acids is 3. The van der Waals surface area contributed by atoms with Gasteiger partial charge in [0.05, 0.1) is 77.9 Å². The van der Waals surface area contributed by atoms with Crippen LogP contribution in [0.15, 0.2) is 24.3 Å². The summed E-state index contributed by atoms with van der Waals surface area (Å²) in [4.78, 5) is 66.5. The third-order valence-electron chi connectivity index (χ3n) is 15.0. The molecule has 2 aromatic rings. The number of aliphatic hydroxyl groups is 12. The number of hydrogen-bond donors (Lipinski definition) is 19. The molecule has 18 atom stereocenters. The lowest BCUT2D eigenvalue weighted by Gasteiger charge is -2.42. The largest absolute Gasteiger partial charge is 0.394 e. The van der Waals surface area contributed by atoms with E-state index in [9.17, 15) is 99.1 Å². The van der Waals surface area contributed by atoms with E-state index in [0.29, 0.717) is 5.70 Å². The van der Waals surface area contributed by atoms with Crippen LogP contribution in [0.3, 0.4) is 0 Å². The van der Waals surface area contributed by atoms with Gasteiger partial charge in [-0.25, -0.2) is 9.36 Å². The number of ether oxygens (including phenoxy) is 3. The van der Waals surface area contributed by atoms with Crippen molar-refractivity contribution in [2.45, 2.75) is 124 Å². The van der Waals surface area contributed by atoms with Gasteiger partial charge in [0, 0.05) is 89.5 Å². The van der Waals surface area contributed by atoms with E-state index in [4.69, 9.17) is 14.2 Å². The second-order valence-electron chi connectivity index (χ2n) is 21.6. The molecule has 7 heterocycles. The number of carbonyl (C=O) groups is 3. The van der Waals surface area contributed by atoms with Gasteiger partial charge in [-0.15, -0.1) is 15.7 Å². The van der Waals surface area contributed by atoms with Gasteiger partial charge < -0.3 is 111 Å². The van der Waals surface area contributed by atoms with Crippen LogP contribution in [0.2, 0.25) is 0 Å². The van der Waals surface area contributed by atoms with Crippen molar-refractivity contribution in [1.29, 1.82) is 0 Å². The smallest absolute Gasteiger partial charge is 0.220 e. The summed E-state index contributed by atoms with van der Waals surface area (Å²) in [7, 11) is -10.7. The molecule has 0 radical (unpaired) electrons. The summed E-state index contributed by atoms with van der Waals surface area (Å²) < 4.78 is 59.7. The van der Waals surface area contributed by atoms with Crippen LogP contribution < -0.4 is 26.9 Å². The first-order valence-electron chi connectivity index (χ1n) is 27.6. The Bertz CT molecular complexity index is 2700. The Morgan fingerprint density at radius 3 is 1.37 bits per heavy atom. The van der Waals surface area contributed by atoms with Crippen molar-refractivity contribution in [1.82, 2.24) is 76.6 Å². The summed E-state index contributed by atoms with van der Waals surface area (Å²) >= 11 is 0. The maximum Gasteiger partial charge on any atom is 0.220 e. The highest BCUT2D eigenvalue weighted by molar-refractivity contribution is 7.58. The van der Waals surface area contributed by atoms with Crippen LogP contribution in [0.1, 0.15) is 43.1 Å². The van der Waals surface area contributed by atoms with Gasteiger partial charge in [0.2, 0.25) is 32.5 Å². The summed E-state index contributed by atoms with van der Waals surface area (Å²) in [6.45, 7) is -1.48. The van der Waals surface area contributed by atoms with E-state index in [1.54, 1.807) is 14.7 Å². The Kier molecular flexibility index (Phi) is 25.5. The zero-order chi connectivity index (χ0) is 62.6. The second-order valence-corrected chi connectivity index (χ2v) is 28.4. The molecule has 86 heavy (non-hydrogen) atoms. The van der Waals surface area contributed by atoms with Crippen LogP contribution in [0.5, 0.6) is 0 Å². The predicted molar refractivity (Wildman–Crippen MR) is 291 cm³/mol. The van der Waals surface area contributed by atoms with Gasteiger partial charge >= 0.3 is 0 Å². The normalized spacial score (nSPS) is 32.6. The highest BCUT2D eigenvalue weighted by Crippen LogP contribution is 2.43. The molecule has 7 rings (SSSR count). The summed E-state index contributed by atoms with van der Waals surface area (Å²) in [5.41, 5.74) is 6.16. The van der Waals surface area contributed by atoms with Crippen LogP contribution in [-0.2, 0) is 55.4 Å². The van der Waals surface area contributed by atoms with Crippen molar-refractivity contribution in [2.75, 3.05) is 103 Å². The molecule has 0 aromatic carbocycles. The molecule has 38 nitrogen and oxygen atoms in total. The number of hydrazine groups is 2. The Labute approximate surface area is 491 Å². The molecule has 19 N–H and O–H groups in total. The summed E-state index contributed by atoms with van der Waals surface area (Å²) in [6.07, 6.45) is -20.7. The average Bonchev–Trinajstić information content (AvgIpc) is 2.03. The number of rotatable bonds is 27. The molecule has 4 fully saturated rings. The van der Waals surface area contributed by atoms with Crippen LogP contribution in [0, 0.1) is 0 Å². The lowest BCUT2D eigenvalue weighted by Crippen LogP contribution is -2.64. The molecule has 0 saturated carbocycles. The SMILES string of the molecule is O=C(CCP(=O)(O)CN1CCN(C[PH](=O)CCC(=O)NCc2cn([C@@H]3O[C@H](CO)[C@H](O)[C@H](O)[C@H]3O)nn2)CCN(CP(=O)(O)CCC(=O)NCc2cn(C3O[C@H](CO)[C@H](O)[C@H](O)[C@H]3O)nn2)CC1)NCC1=CN([C@@H]2O[C@H](CO)[C@H](O)[C@H](O)[C@H]2O)NN1. The second kappa shape index (κ2) is 31.6. The number of nitrogens with one attached hydrogen (secondary N) is 5. The fraction of sp³-hybridized carbons (Fsp3) is 0.800. The van der Waals surface area contributed by atoms with Crippen LogP contribution in [-0.4, -0.2) is 321 Å². The van der Waals surface area contributed by atoms with Gasteiger partial charge in [0.25, 0.3) is 0 Å². The molecule has 488 valence electrons. The zero-order valence-electron chi connectivity index (χ0n) is 46.5. The molecule has 4 saturated heterocycles. The topological polar surface area (TPSA) is 548 Å². The third kappa shape index (κ3) is 19.0. The summed E-state index contributed by atoms with van der Waals surface area (Å²) in [5.74, 6) is -1.72. The first kappa shape index (κ1) is 69.4. The molecule has 41 heteroatoms. The van der Waals surface area contributed by atoms with Crippen LogP contribution in [0.4, 0.5) is 0 Å². The zero-order valence-corrected chi connectivity index (χ0v) is 49.3. The Balaban J connectivity index is 0.911. The van der Waals surface area contributed by atoms with Gasteiger partial charge in [-0.05, 0) is 0 Å². The van der Waals surface area contributed by atoms with Crippen molar-refractivity contribution < 1.29 is 113 Å². The van der Waals surface area contributed by atoms with Gasteiger partial charge in [0.1, 0.15) is 84.6 Å². The molecule has 0 aliphatic carbocycles. The minimum atomic E-state index is -4.11. The van der Waals surface area contributed by atoms with Crippen molar-refractivity contribution in [3.05, 3.63) is 35.7 Å². The molecule has 5 aliphatic heterocycles. The monoisotopic (exact) mass is 1290 g/mol. The van der Waals surface area contributed by atoms with Crippen LogP contribution in [0.25, 0.3) is 0 Å². The lowest BCUT2D eigenvalue weighted by molar-refractivity contribution is -0.264. The maximum atomic E-state index is 13.8. The van der Waals surface area contributed by atoms with E-state index in [2.05, 4.69) is 47.5 Å². The molecule has 2 aromatic heterocycles.